The molecule has 0 aliphatic carbocycles. The molecule has 0 aliphatic heterocycles. The van der Waals surface area contributed by atoms with E-state index in [2.05, 4.69) is 43.5 Å². The molecule has 0 saturated heterocycles. The SMILES string of the molecule is CCCCCC/C=C\C/C=C\CCCCCCCC(=O)OCCCCCCCCCCCCCCCCCCCCC(=O)NC(CO)C(O)/C=C/CCCCCCCCCCCCCC. The molecule has 6 nitrogen and oxygen atoms in total. The van der Waals surface area contributed by atoms with E-state index < -0.39 is 12.1 Å². The van der Waals surface area contributed by atoms with Gasteiger partial charge < -0.3 is 20.3 Å². The number of aliphatic hydroxyl groups excluding tert-OH is 2. The number of carbonyl (C=O) groups excluding carboxylic acids is 2. The van der Waals surface area contributed by atoms with Crippen LogP contribution in [-0.2, 0) is 14.3 Å². The van der Waals surface area contributed by atoms with Crippen LogP contribution in [0.4, 0.5) is 0 Å². The molecule has 0 aliphatic rings. The monoisotopic (exact) mass is 914 g/mol. The van der Waals surface area contributed by atoms with Crippen LogP contribution in [0.15, 0.2) is 36.5 Å². The maximum atomic E-state index is 12.4. The molecule has 1 amide bonds. The highest BCUT2D eigenvalue weighted by atomic mass is 16.5. The molecular formula is C59H111NO5. The molecule has 0 fully saturated rings. The normalized spacial score (nSPS) is 12.9. The maximum Gasteiger partial charge on any atom is 0.305 e. The minimum atomic E-state index is -0.847. The summed E-state index contributed by atoms with van der Waals surface area (Å²) in [7, 11) is 0. The first-order valence-corrected chi connectivity index (χ1v) is 28.8. The Morgan fingerprint density at radius 2 is 0.769 bits per heavy atom. The zero-order chi connectivity index (χ0) is 47.2. The zero-order valence-corrected chi connectivity index (χ0v) is 43.5. The lowest BCUT2D eigenvalue weighted by atomic mass is 10.0. The molecule has 0 spiro atoms. The van der Waals surface area contributed by atoms with E-state index in [0.717, 1.165) is 51.4 Å². The average Bonchev–Trinajstić information content (AvgIpc) is 3.31. The van der Waals surface area contributed by atoms with E-state index in [-0.39, 0.29) is 18.5 Å². The van der Waals surface area contributed by atoms with Crippen molar-refractivity contribution in [3.05, 3.63) is 36.5 Å². The van der Waals surface area contributed by atoms with Crippen LogP contribution in [-0.4, -0.2) is 47.4 Å². The number of unbranched alkanes of at least 4 members (excludes halogenated alkanes) is 38. The number of hydrogen-bond acceptors (Lipinski definition) is 5. The van der Waals surface area contributed by atoms with E-state index in [1.165, 1.54) is 225 Å². The smallest absolute Gasteiger partial charge is 0.305 e. The van der Waals surface area contributed by atoms with Gasteiger partial charge in [0.25, 0.3) is 0 Å². The van der Waals surface area contributed by atoms with Gasteiger partial charge in [-0.3, -0.25) is 9.59 Å². The summed E-state index contributed by atoms with van der Waals surface area (Å²) in [5, 5.41) is 23.1. The number of hydrogen-bond donors (Lipinski definition) is 3. The van der Waals surface area contributed by atoms with Crippen molar-refractivity contribution < 1.29 is 24.5 Å². The molecule has 2 unspecified atom stereocenters. The lowest BCUT2D eigenvalue weighted by Gasteiger charge is -2.20. The summed E-state index contributed by atoms with van der Waals surface area (Å²) >= 11 is 0. The third-order valence-corrected chi connectivity index (χ3v) is 13.2. The van der Waals surface area contributed by atoms with Gasteiger partial charge in [0.05, 0.1) is 25.4 Å². The van der Waals surface area contributed by atoms with Gasteiger partial charge in [0.1, 0.15) is 0 Å². The van der Waals surface area contributed by atoms with Crippen LogP contribution in [0.3, 0.4) is 0 Å². The number of rotatable bonds is 53. The quantitative estimate of drug-likeness (QED) is 0.0321. The van der Waals surface area contributed by atoms with Crippen molar-refractivity contribution in [3.63, 3.8) is 0 Å². The van der Waals surface area contributed by atoms with Gasteiger partial charge in [0.2, 0.25) is 5.91 Å². The van der Waals surface area contributed by atoms with E-state index in [1.807, 2.05) is 6.08 Å². The van der Waals surface area contributed by atoms with Crippen LogP contribution in [0.1, 0.15) is 303 Å². The lowest BCUT2D eigenvalue weighted by molar-refractivity contribution is -0.143. The predicted molar refractivity (Wildman–Crippen MR) is 283 cm³/mol. The number of esters is 1. The van der Waals surface area contributed by atoms with Crippen molar-refractivity contribution in [1.82, 2.24) is 5.32 Å². The highest BCUT2D eigenvalue weighted by Crippen LogP contribution is 2.16. The van der Waals surface area contributed by atoms with Crippen molar-refractivity contribution in [2.45, 2.75) is 315 Å². The molecule has 0 bridgehead atoms. The van der Waals surface area contributed by atoms with Gasteiger partial charge in [-0.15, -0.1) is 0 Å². The standard InChI is InChI=1S/C59H111NO5/c1-3-5-7-9-11-13-15-17-19-25-29-33-37-41-45-49-53-59(64)65-54-50-46-42-38-34-30-26-23-21-20-22-24-28-32-36-40-44-48-52-58(63)60-56(55-61)57(62)51-47-43-39-35-31-27-18-16-14-12-10-8-6-4-2/h13,15,19,25,47,51,56-57,61-62H,3-12,14,16-18,20-24,26-46,48-50,52-55H2,1-2H3,(H,60,63)/b15-13-,25-19-,51-47+. The predicted octanol–water partition coefficient (Wildman–Crippen LogP) is 17.6. The molecule has 2 atom stereocenters. The fourth-order valence-corrected chi connectivity index (χ4v) is 8.72. The van der Waals surface area contributed by atoms with Crippen molar-refractivity contribution in [2.24, 2.45) is 0 Å². The Hall–Kier alpha value is -1.92. The molecule has 3 N–H and O–H groups in total. The molecular weight excluding hydrogens is 803 g/mol. The first-order valence-electron chi connectivity index (χ1n) is 28.8. The molecule has 0 rings (SSSR count). The molecule has 0 radical (unpaired) electrons. The third-order valence-electron chi connectivity index (χ3n) is 13.2. The summed E-state index contributed by atoms with van der Waals surface area (Å²) in [6.45, 7) is 4.87. The van der Waals surface area contributed by atoms with Gasteiger partial charge in [0, 0.05) is 12.8 Å². The van der Waals surface area contributed by atoms with Crippen molar-refractivity contribution in [3.8, 4) is 0 Å². The Morgan fingerprint density at radius 3 is 1.18 bits per heavy atom. The van der Waals surface area contributed by atoms with E-state index in [9.17, 15) is 19.8 Å². The molecule has 0 saturated carbocycles. The molecule has 0 aromatic carbocycles. The van der Waals surface area contributed by atoms with Gasteiger partial charge in [-0.25, -0.2) is 0 Å². The van der Waals surface area contributed by atoms with Crippen LogP contribution < -0.4 is 5.32 Å². The maximum absolute atomic E-state index is 12.4. The summed E-state index contributed by atoms with van der Waals surface area (Å²) in [6.07, 6.45) is 67.3. The van der Waals surface area contributed by atoms with E-state index in [0.29, 0.717) is 19.4 Å². The number of ether oxygens (including phenoxy) is 1. The van der Waals surface area contributed by atoms with E-state index >= 15 is 0 Å². The molecule has 0 aromatic heterocycles. The van der Waals surface area contributed by atoms with Gasteiger partial charge in [-0.05, 0) is 64.2 Å². The highest BCUT2D eigenvalue weighted by molar-refractivity contribution is 5.76. The van der Waals surface area contributed by atoms with Crippen molar-refractivity contribution in [2.75, 3.05) is 13.2 Å². The fourth-order valence-electron chi connectivity index (χ4n) is 8.72. The average molecular weight is 915 g/mol. The number of carbonyl (C=O) groups is 2. The molecule has 6 heteroatoms. The second kappa shape index (κ2) is 54.7. The Balaban J connectivity index is 3.44. The van der Waals surface area contributed by atoms with Crippen molar-refractivity contribution >= 4 is 11.9 Å². The van der Waals surface area contributed by atoms with Crippen LogP contribution in [0.2, 0.25) is 0 Å². The topological polar surface area (TPSA) is 95.9 Å². The van der Waals surface area contributed by atoms with Crippen LogP contribution in [0, 0.1) is 0 Å². The van der Waals surface area contributed by atoms with Crippen LogP contribution >= 0.6 is 0 Å². The van der Waals surface area contributed by atoms with Crippen LogP contribution in [0.25, 0.3) is 0 Å². The fraction of sp³-hybridized carbons (Fsp3) is 0.864. The molecule has 382 valence electrons. The number of allylic oxidation sites excluding steroid dienone is 5. The zero-order valence-electron chi connectivity index (χ0n) is 43.5. The van der Waals surface area contributed by atoms with E-state index in [4.69, 9.17) is 4.74 Å². The molecule has 0 heterocycles. The molecule has 65 heavy (non-hydrogen) atoms. The minimum Gasteiger partial charge on any atom is -0.466 e. The van der Waals surface area contributed by atoms with Gasteiger partial charge in [-0.2, -0.15) is 0 Å². The Labute approximate surface area is 404 Å². The van der Waals surface area contributed by atoms with Gasteiger partial charge >= 0.3 is 5.97 Å². The second-order valence-corrected chi connectivity index (χ2v) is 19.6. The van der Waals surface area contributed by atoms with E-state index in [1.54, 1.807) is 6.08 Å². The van der Waals surface area contributed by atoms with Crippen LogP contribution in [0.5, 0.6) is 0 Å². The number of aliphatic hydroxyl groups is 2. The summed E-state index contributed by atoms with van der Waals surface area (Å²) in [4.78, 5) is 24.5. The summed E-state index contributed by atoms with van der Waals surface area (Å²) in [5.74, 6) is -0.0793. The number of nitrogens with one attached hydrogen (secondary N) is 1. The second-order valence-electron chi connectivity index (χ2n) is 19.6. The highest BCUT2D eigenvalue weighted by Gasteiger charge is 2.18. The van der Waals surface area contributed by atoms with Gasteiger partial charge in [-0.1, -0.05) is 262 Å². The van der Waals surface area contributed by atoms with Crippen molar-refractivity contribution in [1.29, 1.82) is 0 Å². The Kier molecular flexibility index (Phi) is 53.1. The first kappa shape index (κ1) is 63.1. The number of amides is 1. The third kappa shape index (κ3) is 51.3. The minimum absolute atomic E-state index is 0.00719. The Morgan fingerprint density at radius 1 is 0.431 bits per heavy atom. The summed E-state index contributed by atoms with van der Waals surface area (Å²) in [6, 6.07) is -0.631. The summed E-state index contributed by atoms with van der Waals surface area (Å²) in [5.41, 5.74) is 0. The van der Waals surface area contributed by atoms with Gasteiger partial charge in [0.15, 0.2) is 0 Å². The Bertz CT molecular complexity index is 1060. The largest absolute Gasteiger partial charge is 0.466 e. The first-order chi connectivity index (χ1) is 32.0. The lowest BCUT2D eigenvalue weighted by Crippen LogP contribution is -2.45. The molecule has 0 aromatic rings. The summed E-state index contributed by atoms with van der Waals surface area (Å²) < 4.78 is 5.47.